The molecule has 5 heteroatoms. The summed E-state index contributed by atoms with van der Waals surface area (Å²) in [4.78, 5) is 36.7. The highest BCUT2D eigenvalue weighted by Gasteiger charge is 2.41. The molecule has 2 amide bonds. The molecular weight excluding hydrogens is 316 g/mol. The first-order chi connectivity index (χ1) is 12.1. The number of ketones is 1. The molecular formula is C20H24N2O3. The third-order valence-electron chi connectivity index (χ3n) is 5.75. The summed E-state index contributed by atoms with van der Waals surface area (Å²) in [6.45, 7) is 0. The van der Waals surface area contributed by atoms with Gasteiger partial charge in [0.1, 0.15) is 5.78 Å². The van der Waals surface area contributed by atoms with Gasteiger partial charge in [-0.05, 0) is 62.8 Å². The zero-order valence-corrected chi connectivity index (χ0v) is 14.3. The number of nitrogens with one attached hydrogen (secondary N) is 2. The van der Waals surface area contributed by atoms with Crippen molar-refractivity contribution in [1.29, 1.82) is 0 Å². The number of Topliss-reactive ketones (excluding diaryl/α,β-unsaturated/α-hetero) is 1. The number of hydrogen-bond acceptors (Lipinski definition) is 3. The van der Waals surface area contributed by atoms with Crippen molar-refractivity contribution in [3.05, 3.63) is 29.8 Å². The zero-order chi connectivity index (χ0) is 17.4. The smallest absolute Gasteiger partial charge is 0.251 e. The van der Waals surface area contributed by atoms with Gasteiger partial charge in [-0.2, -0.15) is 0 Å². The Bertz CT molecular complexity index is 677. The maximum absolute atomic E-state index is 12.6. The number of rotatable bonds is 4. The van der Waals surface area contributed by atoms with Crippen LogP contribution >= 0.6 is 0 Å². The maximum atomic E-state index is 12.6. The summed E-state index contributed by atoms with van der Waals surface area (Å²) in [6, 6.07) is 7.36. The van der Waals surface area contributed by atoms with Gasteiger partial charge in [-0.1, -0.05) is 6.42 Å². The van der Waals surface area contributed by atoms with Crippen molar-refractivity contribution in [2.75, 3.05) is 5.32 Å². The lowest BCUT2D eigenvalue weighted by Gasteiger charge is -2.36. The summed E-state index contributed by atoms with van der Waals surface area (Å²) in [7, 11) is 0. The van der Waals surface area contributed by atoms with E-state index in [4.69, 9.17) is 0 Å². The molecule has 3 fully saturated rings. The summed E-state index contributed by atoms with van der Waals surface area (Å²) in [5.41, 5.74) is 1.32. The second kappa shape index (κ2) is 6.62. The number of carbonyl (C=O) groups excluding carboxylic acids is 3. The first kappa shape index (κ1) is 16.3. The fraction of sp³-hybridized carbons (Fsp3) is 0.550. The van der Waals surface area contributed by atoms with Crippen LogP contribution in [0, 0.1) is 17.8 Å². The third-order valence-corrected chi connectivity index (χ3v) is 5.75. The molecule has 0 radical (unpaired) electrons. The largest absolute Gasteiger partial charge is 0.349 e. The minimum Gasteiger partial charge on any atom is -0.349 e. The monoisotopic (exact) mass is 340 g/mol. The van der Waals surface area contributed by atoms with Crippen LogP contribution < -0.4 is 10.6 Å². The molecule has 2 atom stereocenters. The van der Waals surface area contributed by atoms with Gasteiger partial charge in [-0.15, -0.1) is 0 Å². The van der Waals surface area contributed by atoms with E-state index in [1.807, 2.05) is 0 Å². The normalized spacial score (nSPS) is 28.3. The molecule has 3 aliphatic rings. The Labute approximate surface area is 147 Å². The minimum atomic E-state index is -0.0779. The molecule has 0 spiro atoms. The number of amides is 2. The molecule has 25 heavy (non-hydrogen) atoms. The third kappa shape index (κ3) is 3.60. The predicted molar refractivity (Wildman–Crippen MR) is 94.1 cm³/mol. The highest BCUT2D eigenvalue weighted by Crippen LogP contribution is 2.40. The second-order valence-electron chi connectivity index (χ2n) is 7.71. The van der Waals surface area contributed by atoms with E-state index in [0.717, 1.165) is 32.1 Å². The molecule has 0 aromatic heterocycles. The highest BCUT2D eigenvalue weighted by atomic mass is 16.2. The summed E-state index contributed by atoms with van der Waals surface area (Å²) in [5, 5.41) is 5.90. The number of anilines is 1. The van der Waals surface area contributed by atoms with E-state index >= 15 is 0 Å². The van der Waals surface area contributed by atoms with Crippen LogP contribution in [0.5, 0.6) is 0 Å². The van der Waals surface area contributed by atoms with E-state index < -0.39 is 0 Å². The van der Waals surface area contributed by atoms with Crippen LogP contribution in [0.3, 0.4) is 0 Å². The van der Waals surface area contributed by atoms with Gasteiger partial charge >= 0.3 is 0 Å². The molecule has 0 heterocycles. The van der Waals surface area contributed by atoms with Gasteiger partial charge in [-0.25, -0.2) is 0 Å². The molecule has 0 aliphatic heterocycles. The van der Waals surface area contributed by atoms with E-state index in [1.165, 1.54) is 0 Å². The minimum absolute atomic E-state index is 0.000387. The number of benzene rings is 1. The van der Waals surface area contributed by atoms with Crippen LogP contribution in [0.15, 0.2) is 24.3 Å². The topological polar surface area (TPSA) is 75.3 Å². The Morgan fingerprint density at radius 3 is 2.16 bits per heavy atom. The summed E-state index contributed by atoms with van der Waals surface area (Å²) >= 11 is 0. The Kier molecular flexibility index (Phi) is 4.32. The molecule has 1 aromatic rings. The molecule has 132 valence electrons. The van der Waals surface area contributed by atoms with E-state index in [-0.39, 0.29) is 29.6 Å². The van der Waals surface area contributed by atoms with E-state index in [2.05, 4.69) is 10.6 Å². The molecule has 3 saturated carbocycles. The Balaban J connectivity index is 1.36. The highest BCUT2D eigenvalue weighted by molar-refractivity contribution is 5.97. The van der Waals surface area contributed by atoms with Crippen LogP contribution in [-0.2, 0) is 9.59 Å². The van der Waals surface area contributed by atoms with Crippen LogP contribution in [0.4, 0.5) is 5.69 Å². The fourth-order valence-corrected chi connectivity index (χ4v) is 4.14. The fourth-order valence-electron chi connectivity index (χ4n) is 4.14. The summed E-state index contributed by atoms with van der Waals surface area (Å²) in [5.74, 6) is 0.402. The molecule has 3 aliphatic carbocycles. The van der Waals surface area contributed by atoms with E-state index in [0.29, 0.717) is 35.9 Å². The van der Waals surface area contributed by atoms with Crippen molar-refractivity contribution in [2.24, 2.45) is 17.8 Å². The van der Waals surface area contributed by atoms with Gasteiger partial charge in [0.15, 0.2) is 0 Å². The SMILES string of the molecule is O=C(NC1CC1)c1ccc(NC(=O)C2CC3CCCC(C2)C3=O)cc1. The average Bonchev–Trinajstić information content (AvgIpc) is 3.39. The van der Waals surface area contributed by atoms with Crippen molar-refractivity contribution in [3.63, 3.8) is 0 Å². The first-order valence-electron chi connectivity index (χ1n) is 9.35. The van der Waals surface area contributed by atoms with Gasteiger partial charge < -0.3 is 10.6 Å². The molecule has 0 saturated heterocycles. The summed E-state index contributed by atoms with van der Waals surface area (Å²) < 4.78 is 0. The second-order valence-corrected chi connectivity index (χ2v) is 7.71. The standard InChI is InChI=1S/C20H24N2O3/c23-18-13-2-1-3-14(18)11-15(10-13)20(25)22-16-6-4-12(5-7-16)19(24)21-17-8-9-17/h4-7,13-15,17H,1-3,8-11H2,(H,21,24)(H,22,25). The van der Waals surface area contributed by atoms with Gasteiger partial charge in [0.25, 0.3) is 5.91 Å². The van der Waals surface area contributed by atoms with E-state index in [1.54, 1.807) is 24.3 Å². The van der Waals surface area contributed by atoms with Crippen LogP contribution in [-0.4, -0.2) is 23.6 Å². The maximum Gasteiger partial charge on any atom is 0.251 e. The number of hydrogen-bond donors (Lipinski definition) is 2. The summed E-state index contributed by atoms with van der Waals surface area (Å²) in [6.07, 6.45) is 6.47. The quantitative estimate of drug-likeness (QED) is 0.885. The van der Waals surface area contributed by atoms with Crippen molar-refractivity contribution >= 4 is 23.3 Å². The molecule has 2 unspecified atom stereocenters. The van der Waals surface area contributed by atoms with Gasteiger partial charge in [-0.3, -0.25) is 14.4 Å². The lowest BCUT2D eigenvalue weighted by Crippen LogP contribution is -2.40. The zero-order valence-electron chi connectivity index (χ0n) is 14.3. The van der Waals surface area contributed by atoms with Crippen molar-refractivity contribution in [1.82, 2.24) is 5.32 Å². The molecule has 4 rings (SSSR count). The number of carbonyl (C=O) groups is 3. The van der Waals surface area contributed by atoms with Crippen molar-refractivity contribution < 1.29 is 14.4 Å². The average molecular weight is 340 g/mol. The van der Waals surface area contributed by atoms with Gasteiger partial charge in [0, 0.05) is 35.0 Å². The molecule has 2 N–H and O–H groups in total. The van der Waals surface area contributed by atoms with Crippen molar-refractivity contribution in [3.8, 4) is 0 Å². The Morgan fingerprint density at radius 1 is 0.920 bits per heavy atom. The van der Waals surface area contributed by atoms with Crippen LogP contribution in [0.25, 0.3) is 0 Å². The lowest BCUT2D eigenvalue weighted by molar-refractivity contribution is -0.136. The van der Waals surface area contributed by atoms with Crippen molar-refractivity contribution in [2.45, 2.75) is 51.0 Å². The van der Waals surface area contributed by atoms with Crippen LogP contribution in [0.1, 0.15) is 55.3 Å². The van der Waals surface area contributed by atoms with E-state index in [9.17, 15) is 14.4 Å². The lowest BCUT2D eigenvalue weighted by atomic mass is 9.67. The predicted octanol–water partition coefficient (Wildman–Crippen LogP) is 2.91. The first-order valence-corrected chi connectivity index (χ1v) is 9.35. The van der Waals surface area contributed by atoms with Crippen LogP contribution in [0.2, 0.25) is 0 Å². The van der Waals surface area contributed by atoms with Gasteiger partial charge in [0.05, 0.1) is 0 Å². The Hall–Kier alpha value is -2.17. The Morgan fingerprint density at radius 2 is 1.56 bits per heavy atom. The van der Waals surface area contributed by atoms with Gasteiger partial charge in [0.2, 0.25) is 5.91 Å². The number of fused-ring (bicyclic) bond motifs is 2. The molecule has 1 aromatic carbocycles. The molecule has 5 nitrogen and oxygen atoms in total. The molecule has 2 bridgehead atoms.